The van der Waals surface area contributed by atoms with E-state index in [2.05, 4.69) is 10.5 Å². The van der Waals surface area contributed by atoms with E-state index >= 15 is 0 Å². The van der Waals surface area contributed by atoms with Crippen LogP contribution in [-0.4, -0.2) is 38.2 Å². The Balaban J connectivity index is 2.83. The van der Waals surface area contributed by atoms with Crippen LogP contribution in [-0.2, 0) is 0 Å². The SMILES string of the molecule is CCCOc1c(C=NNCCO)cccc1OC. The van der Waals surface area contributed by atoms with Gasteiger partial charge in [-0.05, 0) is 18.6 Å². The maximum Gasteiger partial charge on any atom is 0.169 e. The van der Waals surface area contributed by atoms with Gasteiger partial charge in [0.15, 0.2) is 11.5 Å². The number of hydrogen-bond donors (Lipinski definition) is 2. The Morgan fingerprint density at radius 2 is 2.28 bits per heavy atom. The highest BCUT2D eigenvalue weighted by atomic mass is 16.5. The molecule has 0 unspecified atom stereocenters. The number of nitrogens with one attached hydrogen (secondary N) is 1. The average molecular weight is 252 g/mol. The lowest BCUT2D eigenvalue weighted by Gasteiger charge is -2.12. The number of benzene rings is 1. The van der Waals surface area contributed by atoms with Crippen LogP contribution >= 0.6 is 0 Å². The molecule has 0 amide bonds. The van der Waals surface area contributed by atoms with E-state index in [-0.39, 0.29) is 6.61 Å². The highest BCUT2D eigenvalue weighted by Gasteiger charge is 2.08. The second-order valence-corrected chi connectivity index (χ2v) is 3.62. The molecule has 0 aliphatic carbocycles. The van der Waals surface area contributed by atoms with Crippen molar-refractivity contribution in [3.8, 4) is 11.5 Å². The molecule has 1 aromatic carbocycles. The van der Waals surface area contributed by atoms with Gasteiger partial charge in [0.05, 0.1) is 33.1 Å². The smallest absolute Gasteiger partial charge is 0.169 e. The van der Waals surface area contributed by atoms with Crippen molar-refractivity contribution in [2.45, 2.75) is 13.3 Å². The zero-order chi connectivity index (χ0) is 13.2. The van der Waals surface area contributed by atoms with E-state index in [1.165, 1.54) is 0 Å². The van der Waals surface area contributed by atoms with Crippen LogP contribution < -0.4 is 14.9 Å². The molecule has 18 heavy (non-hydrogen) atoms. The van der Waals surface area contributed by atoms with Gasteiger partial charge in [-0.3, -0.25) is 0 Å². The van der Waals surface area contributed by atoms with Crippen molar-refractivity contribution in [1.82, 2.24) is 5.43 Å². The number of para-hydroxylation sites is 1. The third kappa shape index (κ3) is 4.25. The Bertz CT molecular complexity index is 380. The Morgan fingerprint density at radius 3 is 2.94 bits per heavy atom. The standard InChI is InChI=1S/C13H20N2O3/c1-3-9-18-13-11(10-15-14-7-8-16)5-4-6-12(13)17-2/h4-6,10,14,16H,3,7-9H2,1-2H3. The van der Waals surface area contributed by atoms with Crippen LogP contribution in [0.1, 0.15) is 18.9 Å². The summed E-state index contributed by atoms with van der Waals surface area (Å²) in [5.74, 6) is 1.38. The average Bonchev–Trinajstić information content (AvgIpc) is 2.41. The minimum absolute atomic E-state index is 0.0502. The molecule has 0 saturated carbocycles. The van der Waals surface area contributed by atoms with E-state index in [9.17, 15) is 0 Å². The summed E-state index contributed by atoms with van der Waals surface area (Å²) < 4.78 is 10.9. The van der Waals surface area contributed by atoms with Crippen LogP contribution in [0, 0.1) is 0 Å². The van der Waals surface area contributed by atoms with Gasteiger partial charge >= 0.3 is 0 Å². The van der Waals surface area contributed by atoms with Crippen LogP contribution in [0.15, 0.2) is 23.3 Å². The van der Waals surface area contributed by atoms with Crippen LogP contribution in [0.4, 0.5) is 0 Å². The van der Waals surface area contributed by atoms with E-state index in [1.807, 2.05) is 25.1 Å². The lowest BCUT2D eigenvalue weighted by atomic mass is 10.2. The van der Waals surface area contributed by atoms with E-state index in [4.69, 9.17) is 14.6 Å². The van der Waals surface area contributed by atoms with E-state index < -0.39 is 0 Å². The van der Waals surface area contributed by atoms with Crippen molar-refractivity contribution in [2.75, 3.05) is 26.9 Å². The molecular formula is C13H20N2O3. The number of rotatable bonds is 8. The fourth-order valence-corrected chi connectivity index (χ4v) is 1.38. The minimum Gasteiger partial charge on any atom is -0.493 e. The maximum absolute atomic E-state index is 8.64. The van der Waals surface area contributed by atoms with E-state index in [0.717, 1.165) is 12.0 Å². The summed E-state index contributed by atoms with van der Waals surface area (Å²) in [5, 5.41) is 12.6. The molecule has 1 aromatic rings. The van der Waals surface area contributed by atoms with Crippen LogP contribution in [0.2, 0.25) is 0 Å². The number of nitrogens with zero attached hydrogens (tertiary/aromatic N) is 1. The predicted octanol–water partition coefficient (Wildman–Crippen LogP) is 1.40. The summed E-state index contributed by atoms with van der Waals surface area (Å²) in [6.07, 6.45) is 2.58. The van der Waals surface area contributed by atoms with Gasteiger partial charge in [0.1, 0.15) is 0 Å². The minimum atomic E-state index is 0.0502. The van der Waals surface area contributed by atoms with Crippen LogP contribution in [0.25, 0.3) is 0 Å². The van der Waals surface area contributed by atoms with Gasteiger partial charge in [0.2, 0.25) is 0 Å². The Kier molecular flexibility index (Phi) is 6.64. The van der Waals surface area contributed by atoms with Gasteiger partial charge in [-0.2, -0.15) is 5.10 Å². The Morgan fingerprint density at radius 1 is 1.44 bits per heavy atom. The molecule has 0 fully saturated rings. The molecule has 5 nitrogen and oxygen atoms in total. The first-order valence-corrected chi connectivity index (χ1v) is 6.00. The lowest BCUT2D eigenvalue weighted by Crippen LogP contribution is -2.11. The van der Waals surface area contributed by atoms with Gasteiger partial charge in [-0.25, -0.2) is 0 Å². The second kappa shape index (κ2) is 8.36. The third-order valence-corrected chi connectivity index (χ3v) is 2.20. The van der Waals surface area contributed by atoms with Crippen LogP contribution in [0.5, 0.6) is 11.5 Å². The topological polar surface area (TPSA) is 63.1 Å². The van der Waals surface area contributed by atoms with Gasteiger partial charge in [0.25, 0.3) is 0 Å². The van der Waals surface area contributed by atoms with Crippen molar-refractivity contribution in [1.29, 1.82) is 0 Å². The fourth-order valence-electron chi connectivity index (χ4n) is 1.38. The molecule has 100 valence electrons. The number of aliphatic hydroxyl groups excluding tert-OH is 1. The highest BCUT2D eigenvalue weighted by Crippen LogP contribution is 2.30. The normalized spacial score (nSPS) is 10.6. The molecule has 0 heterocycles. The van der Waals surface area contributed by atoms with Gasteiger partial charge in [-0.1, -0.05) is 13.0 Å². The third-order valence-electron chi connectivity index (χ3n) is 2.20. The molecule has 0 aliphatic heterocycles. The first-order chi connectivity index (χ1) is 8.83. The van der Waals surface area contributed by atoms with Gasteiger partial charge < -0.3 is 20.0 Å². The number of hydrogen-bond acceptors (Lipinski definition) is 5. The molecule has 0 aromatic heterocycles. The predicted molar refractivity (Wildman–Crippen MR) is 71.5 cm³/mol. The fraction of sp³-hybridized carbons (Fsp3) is 0.462. The summed E-state index contributed by atoms with van der Waals surface area (Å²) in [5.41, 5.74) is 3.57. The Labute approximate surface area is 107 Å². The van der Waals surface area contributed by atoms with Crippen LogP contribution in [0.3, 0.4) is 0 Å². The monoisotopic (exact) mass is 252 g/mol. The Hall–Kier alpha value is -1.75. The van der Waals surface area contributed by atoms with Crippen molar-refractivity contribution in [3.05, 3.63) is 23.8 Å². The summed E-state index contributed by atoms with van der Waals surface area (Å²) in [7, 11) is 1.61. The summed E-state index contributed by atoms with van der Waals surface area (Å²) >= 11 is 0. The number of aliphatic hydroxyl groups is 1. The van der Waals surface area contributed by atoms with Crippen molar-refractivity contribution in [2.24, 2.45) is 5.10 Å². The molecule has 5 heteroatoms. The largest absolute Gasteiger partial charge is 0.493 e. The number of ether oxygens (including phenoxy) is 2. The quantitative estimate of drug-likeness (QED) is 0.417. The first-order valence-electron chi connectivity index (χ1n) is 6.00. The van der Waals surface area contributed by atoms with Gasteiger partial charge in [-0.15, -0.1) is 0 Å². The lowest BCUT2D eigenvalue weighted by molar-refractivity contribution is 0.293. The molecule has 2 N–H and O–H groups in total. The molecule has 0 spiro atoms. The molecule has 0 aliphatic rings. The number of hydrazone groups is 1. The first kappa shape index (κ1) is 14.3. The zero-order valence-corrected chi connectivity index (χ0v) is 10.8. The second-order valence-electron chi connectivity index (χ2n) is 3.62. The zero-order valence-electron chi connectivity index (χ0n) is 10.8. The molecular weight excluding hydrogens is 232 g/mol. The summed E-state index contributed by atoms with van der Waals surface area (Å²) in [6, 6.07) is 5.63. The van der Waals surface area contributed by atoms with Crippen molar-refractivity contribution < 1.29 is 14.6 Å². The summed E-state index contributed by atoms with van der Waals surface area (Å²) in [4.78, 5) is 0. The summed E-state index contributed by atoms with van der Waals surface area (Å²) in [6.45, 7) is 3.15. The molecule has 0 radical (unpaired) electrons. The maximum atomic E-state index is 8.64. The molecule has 0 atom stereocenters. The van der Waals surface area contributed by atoms with Crippen molar-refractivity contribution in [3.63, 3.8) is 0 Å². The van der Waals surface area contributed by atoms with Gasteiger partial charge in [0, 0.05) is 5.56 Å². The number of methoxy groups -OCH3 is 1. The van der Waals surface area contributed by atoms with Crippen molar-refractivity contribution >= 4 is 6.21 Å². The highest BCUT2D eigenvalue weighted by molar-refractivity contribution is 5.84. The van der Waals surface area contributed by atoms with E-state index in [0.29, 0.717) is 24.7 Å². The molecule has 1 rings (SSSR count). The molecule has 0 bridgehead atoms. The van der Waals surface area contributed by atoms with E-state index in [1.54, 1.807) is 13.3 Å². The molecule has 0 saturated heterocycles.